The molecule has 0 spiro atoms. The highest BCUT2D eigenvalue weighted by Crippen LogP contribution is 2.09. The Kier molecular flexibility index (Phi) is 8.09. The van der Waals surface area contributed by atoms with E-state index in [1.165, 1.54) is 0 Å². The molecule has 1 unspecified atom stereocenters. The molecule has 0 aliphatic carbocycles. The summed E-state index contributed by atoms with van der Waals surface area (Å²) in [4.78, 5) is 1.75. The Bertz CT molecular complexity index is 214. The van der Waals surface area contributed by atoms with Crippen molar-refractivity contribution in [3.05, 3.63) is 22.0 Å². The van der Waals surface area contributed by atoms with Crippen LogP contribution in [0, 0.1) is 0 Å². The van der Waals surface area contributed by atoms with Crippen molar-refractivity contribution in [2.75, 3.05) is 6.61 Å². The van der Waals surface area contributed by atoms with E-state index in [1.54, 1.807) is 11.1 Å². The number of hydrogen-bond acceptors (Lipinski definition) is 2. The van der Waals surface area contributed by atoms with Gasteiger partial charge in [0, 0.05) is 11.4 Å². The van der Waals surface area contributed by atoms with E-state index in [2.05, 4.69) is 15.9 Å². The molecule has 0 saturated heterocycles. The smallest absolute Gasteiger partial charge is 0.182 e. The zero-order valence-electron chi connectivity index (χ0n) is 8.72. The highest BCUT2D eigenvalue weighted by Gasteiger charge is 2.03. The maximum Gasteiger partial charge on any atom is 0.182 e. The van der Waals surface area contributed by atoms with Crippen LogP contribution < -0.4 is 0 Å². The Balaban J connectivity index is 3.59. The predicted octanol–water partition coefficient (Wildman–Crippen LogP) is 4.15. The van der Waals surface area contributed by atoms with Crippen LogP contribution in [0.15, 0.2) is 22.0 Å². The summed E-state index contributed by atoms with van der Waals surface area (Å²) in [6, 6.07) is 0. The van der Waals surface area contributed by atoms with E-state index < -0.39 is 0 Å². The third-order valence-corrected chi connectivity index (χ3v) is 2.50. The summed E-state index contributed by atoms with van der Waals surface area (Å²) in [6.07, 6.45) is 2.66. The van der Waals surface area contributed by atoms with Gasteiger partial charge in [0.05, 0.1) is 12.7 Å². The zero-order chi connectivity index (χ0) is 11.0. The van der Waals surface area contributed by atoms with Gasteiger partial charge in [0.2, 0.25) is 0 Å². The number of ether oxygens (including phenoxy) is 2. The molecule has 14 heavy (non-hydrogen) atoms. The first-order chi connectivity index (χ1) is 6.60. The van der Waals surface area contributed by atoms with Crippen molar-refractivity contribution >= 4 is 27.5 Å². The molecule has 0 radical (unpaired) electrons. The van der Waals surface area contributed by atoms with Gasteiger partial charge in [-0.3, -0.25) is 0 Å². The summed E-state index contributed by atoms with van der Waals surface area (Å²) in [6.45, 7) is 6.29. The van der Waals surface area contributed by atoms with Crippen molar-refractivity contribution in [2.45, 2.75) is 33.3 Å². The van der Waals surface area contributed by atoms with Gasteiger partial charge in [-0.25, -0.2) is 0 Å². The van der Waals surface area contributed by atoms with Gasteiger partial charge >= 0.3 is 0 Å². The van der Waals surface area contributed by atoms with Gasteiger partial charge < -0.3 is 9.47 Å². The molecule has 0 bridgehead atoms. The van der Waals surface area contributed by atoms with Crippen LogP contribution >= 0.6 is 27.5 Å². The third kappa shape index (κ3) is 7.27. The highest BCUT2D eigenvalue weighted by atomic mass is 79.9. The van der Waals surface area contributed by atoms with Crippen molar-refractivity contribution in [3.8, 4) is 0 Å². The molecular weight excluding hydrogens is 267 g/mol. The maximum atomic E-state index is 5.66. The fourth-order valence-electron chi connectivity index (χ4n) is 0.808. The first-order valence-electron chi connectivity index (χ1n) is 4.48. The SMILES string of the molecule is CC=C(Cl)OCCC(C)OC(C)=CBr. The molecule has 0 heterocycles. The van der Waals surface area contributed by atoms with Crippen LogP contribution in [0.4, 0.5) is 0 Å². The second-order valence-electron chi connectivity index (χ2n) is 2.88. The van der Waals surface area contributed by atoms with E-state index in [9.17, 15) is 0 Å². The standard InChI is InChI=1S/C10H16BrClO2/c1-4-10(12)13-6-5-8(2)14-9(3)7-11/h4,7-8H,5-6H2,1-3H3. The van der Waals surface area contributed by atoms with Crippen LogP contribution in [-0.2, 0) is 9.47 Å². The zero-order valence-corrected chi connectivity index (χ0v) is 11.1. The van der Waals surface area contributed by atoms with Crippen LogP contribution in [0.5, 0.6) is 0 Å². The summed E-state index contributed by atoms with van der Waals surface area (Å²) in [7, 11) is 0. The summed E-state index contributed by atoms with van der Waals surface area (Å²) in [5.41, 5.74) is 0. The highest BCUT2D eigenvalue weighted by molar-refractivity contribution is 9.11. The minimum atomic E-state index is 0.130. The van der Waals surface area contributed by atoms with Gasteiger partial charge in [-0.2, -0.15) is 0 Å². The van der Waals surface area contributed by atoms with E-state index in [4.69, 9.17) is 21.1 Å². The molecule has 82 valence electrons. The normalized spacial score (nSPS) is 15.2. The minimum absolute atomic E-state index is 0.130. The summed E-state index contributed by atoms with van der Waals surface area (Å²) in [5.74, 6) is 0.856. The lowest BCUT2D eigenvalue weighted by Gasteiger charge is -2.14. The summed E-state index contributed by atoms with van der Waals surface area (Å²) >= 11 is 8.86. The molecule has 1 atom stereocenters. The molecule has 0 rings (SSSR count). The molecule has 0 N–H and O–H groups in total. The Morgan fingerprint density at radius 1 is 1.57 bits per heavy atom. The Labute approximate surface area is 99.0 Å². The average Bonchev–Trinajstić information content (AvgIpc) is 2.17. The van der Waals surface area contributed by atoms with E-state index in [-0.39, 0.29) is 6.10 Å². The lowest BCUT2D eigenvalue weighted by molar-refractivity contribution is 0.0976. The van der Waals surface area contributed by atoms with Gasteiger partial charge in [-0.15, -0.1) is 0 Å². The second kappa shape index (κ2) is 8.18. The first-order valence-corrected chi connectivity index (χ1v) is 5.77. The molecule has 0 amide bonds. The van der Waals surface area contributed by atoms with Crippen molar-refractivity contribution in [1.29, 1.82) is 0 Å². The van der Waals surface area contributed by atoms with Crippen molar-refractivity contribution < 1.29 is 9.47 Å². The van der Waals surface area contributed by atoms with E-state index >= 15 is 0 Å². The van der Waals surface area contributed by atoms with E-state index in [0.29, 0.717) is 11.8 Å². The molecule has 0 aliphatic heterocycles. The van der Waals surface area contributed by atoms with Gasteiger partial charge in [-0.1, -0.05) is 15.9 Å². The predicted molar refractivity (Wildman–Crippen MR) is 63.4 cm³/mol. The third-order valence-electron chi connectivity index (χ3n) is 1.53. The molecule has 4 heteroatoms. The molecule has 0 fully saturated rings. The molecule has 0 aromatic heterocycles. The topological polar surface area (TPSA) is 18.5 Å². The molecule has 0 aromatic rings. The van der Waals surface area contributed by atoms with Crippen molar-refractivity contribution in [1.82, 2.24) is 0 Å². The van der Waals surface area contributed by atoms with Crippen molar-refractivity contribution in [2.24, 2.45) is 0 Å². The first kappa shape index (κ1) is 13.8. The Hall–Kier alpha value is -0.150. The maximum absolute atomic E-state index is 5.66. The minimum Gasteiger partial charge on any atom is -0.495 e. The second-order valence-corrected chi connectivity index (χ2v) is 3.71. The molecule has 0 aliphatic rings. The number of hydrogen-bond donors (Lipinski definition) is 0. The lowest BCUT2D eigenvalue weighted by atomic mass is 10.3. The van der Waals surface area contributed by atoms with Gasteiger partial charge in [0.1, 0.15) is 5.76 Å². The van der Waals surface area contributed by atoms with Crippen LogP contribution in [-0.4, -0.2) is 12.7 Å². The molecule has 0 saturated carbocycles. The number of allylic oxidation sites excluding steroid dienone is 2. The van der Waals surface area contributed by atoms with Crippen LogP contribution in [0.25, 0.3) is 0 Å². The molecular formula is C10H16BrClO2. The van der Waals surface area contributed by atoms with E-state index in [1.807, 2.05) is 20.8 Å². The van der Waals surface area contributed by atoms with Crippen LogP contribution in [0.2, 0.25) is 0 Å². The van der Waals surface area contributed by atoms with Gasteiger partial charge in [0.25, 0.3) is 0 Å². The summed E-state index contributed by atoms with van der Waals surface area (Å²) in [5, 5.41) is 0.435. The quantitative estimate of drug-likeness (QED) is 0.682. The number of halogens is 2. The van der Waals surface area contributed by atoms with Crippen molar-refractivity contribution in [3.63, 3.8) is 0 Å². The monoisotopic (exact) mass is 282 g/mol. The largest absolute Gasteiger partial charge is 0.495 e. The van der Waals surface area contributed by atoms with E-state index in [0.717, 1.165) is 12.2 Å². The average molecular weight is 284 g/mol. The van der Waals surface area contributed by atoms with Crippen LogP contribution in [0.1, 0.15) is 27.2 Å². The fraction of sp³-hybridized carbons (Fsp3) is 0.600. The van der Waals surface area contributed by atoms with Crippen LogP contribution in [0.3, 0.4) is 0 Å². The Morgan fingerprint density at radius 3 is 2.71 bits per heavy atom. The number of rotatable bonds is 6. The Morgan fingerprint density at radius 2 is 2.21 bits per heavy atom. The lowest BCUT2D eigenvalue weighted by Crippen LogP contribution is -2.09. The van der Waals surface area contributed by atoms with Gasteiger partial charge in [0.15, 0.2) is 5.22 Å². The molecule has 2 nitrogen and oxygen atoms in total. The van der Waals surface area contributed by atoms with Gasteiger partial charge in [-0.05, 0) is 38.4 Å². The fourth-order valence-corrected chi connectivity index (χ4v) is 0.993. The summed E-state index contributed by atoms with van der Waals surface area (Å²) < 4.78 is 10.7. The molecule has 0 aromatic carbocycles.